The molecule has 1 amide bonds. The molecule has 0 aliphatic carbocycles. The van der Waals surface area contributed by atoms with Crippen LogP contribution < -0.4 is 10.2 Å². The van der Waals surface area contributed by atoms with E-state index in [4.69, 9.17) is 11.6 Å². The number of nitrogens with zero attached hydrogens (tertiary/aromatic N) is 3. The zero-order valence-corrected chi connectivity index (χ0v) is 17.3. The molecular weight excluding hydrogens is 428 g/mol. The van der Waals surface area contributed by atoms with Crippen LogP contribution in [0, 0.1) is 13.8 Å². The summed E-state index contributed by atoms with van der Waals surface area (Å²) in [7, 11) is 0. The average Bonchev–Trinajstić information content (AvgIpc) is 2.60. The summed E-state index contributed by atoms with van der Waals surface area (Å²) < 4.78 is 0.817. The maximum atomic E-state index is 12.6. The molecule has 1 aliphatic rings. The SMILES string of the molecule is Cc1cc(C)c2cc(C(=O)NC3CN(c4nccc(Br)c4Cl)C3)ccc2n1. The number of hydrogen-bond acceptors (Lipinski definition) is 4. The summed E-state index contributed by atoms with van der Waals surface area (Å²) in [5, 5.41) is 4.68. The van der Waals surface area contributed by atoms with Gasteiger partial charge in [0.1, 0.15) is 5.82 Å². The maximum absolute atomic E-state index is 12.6. The Labute approximate surface area is 170 Å². The Morgan fingerprint density at radius 3 is 2.81 bits per heavy atom. The van der Waals surface area contributed by atoms with Crippen LogP contribution in [0.25, 0.3) is 10.9 Å². The molecule has 0 saturated carbocycles. The third-order valence-electron chi connectivity index (χ3n) is 4.75. The molecule has 7 heteroatoms. The molecule has 0 unspecified atom stereocenters. The van der Waals surface area contributed by atoms with Crippen molar-refractivity contribution in [3.8, 4) is 0 Å². The molecule has 0 atom stereocenters. The van der Waals surface area contributed by atoms with E-state index in [2.05, 4.69) is 36.1 Å². The Balaban J connectivity index is 1.45. The van der Waals surface area contributed by atoms with Gasteiger partial charge in [-0.05, 0) is 65.7 Å². The first kappa shape index (κ1) is 18.2. The van der Waals surface area contributed by atoms with E-state index < -0.39 is 0 Å². The van der Waals surface area contributed by atoms with Crippen LogP contribution in [0.4, 0.5) is 5.82 Å². The second kappa shape index (κ2) is 7.09. The minimum atomic E-state index is -0.0742. The van der Waals surface area contributed by atoms with Crippen LogP contribution in [-0.4, -0.2) is 35.0 Å². The fourth-order valence-corrected chi connectivity index (χ4v) is 3.87. The Morgan fingerprint density at radius 1 is 1.26 bits per heavy atom. The van der Waals surface area contributed by atoms with Crippen molar-refractivity contribution in [2.75, 3.05) is 18.0 Å². The normalized spacial score (nSPS) is 14.3. The summed E-state index contributed by atoms with van der Waals surface area (Å²) in [4.78, 5) is 23.5. The van der Waals surface area contributed by atoms with Crippen LogP contribution in [0.2, 0.25) is 5.02 Å². The summed E-state index contributed by atoms with van der Waals surface area (Å²) in [6, 6.07) is 9.55. The van der Waals surface area contributed by atoms with Crippen LogP contribution in [-0.2, 0) is 0 Å². The Kier molecular flexibility index (Phi) is 4.78. The monoisotopic (exact) mass is 444 g/mol. The highest BCUT2D eigenvalue weighted by Gasteiger charge is 2.31. The zero-order chi connectivity index (χ0) is 19.1. The first-order valence-electron chi connectivity index (χ1n) is 8.66. The van der Waals surface area contributed by atoms with Gasteiger partial charge in [0.05, 0.1) is 16.6 Å². The van der Waals surface area contributed by atoms with Crippen molar-refractivity contribution in [3.63, 3.8) is 0 Å². The molecule has 1 aromatic carbocycles. The number of anilines is 1. The van der Waals surface area contributed by atoms with Crippen LogP contribution >= 0.6 is 27.5 Å². The van der Waals surface area contributed by atoms with Crippen LogP contribution in [0.3, 0.4) is 0 Å². The molecule has 5 nitrogen and oxygen atoms in total. The van der Waals surface area contributed by atoms with Gasteiger partial charge in [-0.2, -0.15) is 0 Å². The molecule has 1 aliphatic heterocycles. The number of carbonyl (C=O) groups is 1. The highest BCUT2D eigenvalue weighted by atomic mass is 79.9. The van der Waals surface area contributed by atoms with Gasteiger partial charge in [0.2, 0.25) is 0 Å². The van der Waals surface area contributed by atoms with Crippen molar-refractivity contribution in [2.45, 2.75) is 19.9 Å². The largest absolute Gasteiger partial charge is 0.351 e. The highest BCUT2D eigenvalue weighted by molar-refractivity contribution is 9.10. The number of pyridine rings is 2. The molecule has 138 valence electrons. The molecule has 27 heavy (non-hydrogen) atoms. The van der Waals surface area contributed by atoms with Gasteiger partial charge in [-0.1, -0.05) is 11.6 Å². The van der Waals surface area contributed by atoms with Gasteiger partial charge in [0.25, 0.3) is 5.91 Å². The number of rotatable bonds is 3. The summed E-state index contributed by atoms with van der Waals surface area (Å²) >= 11 is 9.70. The lowest BCUT2D eigenvalue weighted by Gasteiger charge is -2.40. The quantitative estimate of drug-likeness (QED) is 0.654. The third-order valence-corrected chi connectivity index (χ3v) is 6.01. The average molecular weight is 446 g/mol. The number of carbonyl (C=O) groups excluding carboxylic acids is 1. The molecular formula is C20H18BrClN4O. The van der Waals surface area contributed by atoms with Crippen molar-refractivity contribution >= 4 is 50.2 Å². The van der Waals surface area contributed by atoms with E-state index >= 15 is 0 Å². The number of halogens is 2. The van der Waals surface area contributed by atoms with Gasteiger partial charge < -0.3 is 10.2 Å². The van der Waals surface area contributed by atoms with Crippen LogP contribution in [0.15, 0.2) is 41.0 Å². The second-order valence-electron chi connectivity index (χ2n) is 6.82. The van der Waals surface area contributed by atoms with E-state index in [0.717, 1.165) is 32.5 Å². The van der Waals surface area contributed by atoms with Crippen molar-refractivity contribution in [2.24, 2.45) is 0 Å². The van der Waals surface area contributed by atoms with E-state index in [1.165, 1.54) is 0 Å². The Morgan fingerprint density at radius 2 is 2.04 bits per heavy atom. The molecule has 0 radical (unpaired) electrons. The molecule has 3 heterocycles. The van der Waals surface area contributed by atoms with Crippen molar-refractivity contribution in [3.05, 3.63) is 62.8 Å². The molecule has 1 saturated heterocycles. The lowest BCUT2D eigenvalue weighted by molar-refractivity contribution is 0.0930. The number of hydrogen-bond donors (Lipinski definition) is 1. The van der Waals surface area contributed by atoms with Crippen molar-refractivity contribution in [1.82, 2.24) is 15.3 Å². The predicted octanol–water partition coefficient (Wildman–Crippen LogP) is 4.28. The van der Waals surface area contributed by atoms with Gasteiger partial charge in [-0.15, -0.1) is 0 Å². The van der Waals surface area contributed by atoms with E-state index in [1.54, 1.807) is 6.20 Å². The van der Waals surface area contributed by atoms with E-state index in [0.29, 0.717) is 23.7 Å². The topological polar surface area (TPSA) is 58.1 Å². The highest BCUT2D eigenvalue weighted by Crippen LogP contribution is 2.32. The number of fused-ring (bicyclic) bond motifs is 1. The number of nitrogens with one attached hydrogen (secondary N) is 1. The lowest BCUT2D eigenvalue weighted by Crippen LogP contribution is -2.59. The van der Waals surface area contributed by atoms with E-state index in [-0.39, 0.29) is 11.9 Å². The molecule has 0 bridgehead atoms. The number of amides is 1. The smallest absolute Gasteiger partial charge is 0.251 e. The second-order valence-corrected chi connectivity index (χ2v) is 8.05. The molecule has 4 rings (SSSR count). The summed E-state index contributed by atoms with van der Waals surface area (Å²) in [5.41, 5.74) is 3.66. The van der Waals surface area contributed by atoms with Gasteiger partial charge in [-0.25, -0.2) is 4.98 Å². The first-order chi connectivity index (χ1) is 12.9. The van der Waals surface area contributed by atoms with E-state index in [9.17, 15) is 4.79 Å². The van der Waals surface area contributed by atoms with Crippen molar-refractivity contribution < 1.29 is 4.79 Å². The first-order valence-corrected chi connectivity index (χ1v) is 9.83. The van der Waals surface area contributed by atoms with Gasteiger partial charge in [-0.3, -0.25) is 9.78 Å². The molecule has 1 N–H and O–H groups in total. The summed E-state index contributed by atoms with van der Waals surface area (Å²) in [5.74, 6) is 0.661. The van der Waals surface area contributed by atoms with Gasteiger partial charge in [0, 0.05) is 40.4 Å². The number of benzene rings is 1. The standard InChI is InChI=1S/C20H18BrClN4O/c1-11-7-12(2)24-17-4-3-13(8-15(11)17)20(27)25-14-9-26(10-14)19-18(22)16(21)5-6-23-19/h3-8,14H,9-10H2,1-2H3,(H,25,27). The van der Waals surface area contributed by atoms with Crippen LogP contribution in [0.1, 0.15) is 21.6 Å². The maximum Gasteiger partial charge on any atom is 0.251 e. The third kappa shape index (κ3) is 3.51. The van der Waals surface area contributed by atoms with Crippen molar-refractivity contribution in [1.29, 1.82) is 0 Å². The minimum absolute atomic E-state index is 0.0716. The summed E-state index contributed by atoms with van der Waals surface area (Å²) in [6.45, 7) is 5.38. The number of aromatic nitrogens is 2. The molecule has 2 aromatic heterocycles. The Bertz CT molecular complexity index is 1050. The van der Waals surface area contributed by atoms with Crippen LogP contribution in [0.5, 0.6) is 0 Å². The molecule has 1 fully saturated rings. The minimum Gasteiger partial charge on any atom is -0.351 e. The fraction of sp³-hybridized carbons (Fsp3) is 0.250. The lowest BCUT2D eigenvalue weighted by atomic mass is 10.0. The molecule has 0 spiro atoms. The predicted molar refractivity (Wildman–Crippen MR) is 112 cm³/mol. The molecule has 3 aromatic rings. The van der Waals surface area contributed by atoms with Gasteiger partial charge in [0.15, 0.2) is 0 Å². The Hall–Kier alpha value is -2.18. The fourth-order valence-electron chi connectivity index (χ4n) is 3.35. The summed E-state index contributed by atoms with van der Waals surface area (Å²) in [6.07, 6.45) is 1.71. The number of aryl methyl sites for hydroxylation is 2. The van der Waals surface area contributed by atoms with E-state index in [1.807, 2.05) is 44.2 Å². The van der Waals surface area contributed by atoms with Gasteiger partial charge >= 0.3 is 0 Å². The zero-order valence-electron chi connectivity index (χ0n) is 15.0.